The number of imidazole rings is 1. The average Bonchev–Trinajstić information content (AvgIpc) is 2.54. The third kappa shape index (κ3) is 2.88. The molecule has 0 amide bonds. The summed E-state index contributed by atoms with van der Waals surface area (Å²) in [4.78, 5) is 20.2. The van der Waals surface area contributed by atoms with Gasteiger partial charge in [-0.1, -0.05) is 11.6 Å². The number of nitrogens with zero attached hydrogens (tertiary/aromatic N) is 2. The van der Waals surface area contributed by atoms with Gasteiger partial charge in [-0.25, -0.2) is 4.98 Å². The van der Waals surface area contributed by atoms with Gasteiger partial charge in [0.1, 0.15) is 10.8 Å². The summed E-state index contributed by atoms with van der Waals surface area (Å²) in [7, 11) is 0. The molecule has 0 aliphatic rings. The van der Waals surface area contributed by atoms with Gasteiger partial charge in [-0.3, -0.25) is 4.40 Å². The summed E-state index contributed by atoms with van der Waals surface area (Å²) in [6, 6.07) is 1.94. The molecule has 0 radical (unpaired) electrons. The molecule has 0 atom stereocenters. The van der Waals surface area contributed by atoms with Gasteiger partial charge in [-0.05, 0) is 19.1 Å². The second-order valence-electron chi connectivity index (χ2n) is 3.21. The Balaban J connectivity index is 0.000000492. The van der Waals surface area contributed by atoms with Crippen molar-refractivity contribution in [3.8, 4) is 0 Å². The van der Waals surface area contributed by atoms with Gasteiger partial charge in [0.25, 0.3) is 0 Å². The lowest BCUT2D eigenvalue weighted by atomic mass is 10.2. The first-order chi connectivity index (χ1) is 8.31. The van der Waals surface area contributed by atoms with Crippen molar-refractivity contribution in [1.29, 1.82) is 0 Å². The van der Waals surface area contributed by atoms with E-state index in [9.17, 15) is 13.2 Å². The molecule has 2 aromatic rings. The monoisotopic (exact) mass is 278 g/mol. The zero-order valence-electron chi connectivity index (χ0n) is 8.95. The maximum absolute atomic E-state index is 12.4. The van der Waals surface area contributed by atoms with E-state index in [-0.39, 0.29) is 11.8 Å². The van der Waals surface area contributed by atoms with Crippen molar-refractivity contribution in [1.82, 2.24) is 9.38 Å². The van der Waals surface area contributed by atoms with E-state index in [0.29, 0.717) is 10.8 Å². The van der Waals surface area contributed by atoms with Crippen LogP contribution in [0.5, 0.6) is 0 Å². The van der Waals surface area contributed by atoms with Crippen LogP contribution in [0.15, 0.2) is 18.3 Å². The summed E-state index contributed by atoms with van der Waals surface area (Å²) in [5.41, 5.74) is -0.0139. The van der Waals surface area contributed by atoms with Crippen molar-refractivity contribution in [3.05, 3.63) is 34.7 Å². The fourth-order valence-corrected chi connectivity index (χ4v) is 1.49. The highest BCUT2D eigenvalue weighted by Crippen LogP contribution is 2.30. The Morgan fingerprint density at radius 3 is 2.44 bits per heavy atom. The number of pyridine rings is 1. The molecule has 96 valence electrons. The number of aryl methyl sites for hydroxylation is 1. The molecule has 0 aromatic carbocycles. The van der Waals surface area contributed by atoms with E-state index in [1.54, 1.807) is 6.92 Å². The summed E-state index contributed by atoms with van der Waals surface area (Å²) in [6.45, 7) is 1.64. The van der Waals surface area contributed by atoms with E-state index in [1.165, 1.54) is 10.6 Å². The highest BCUT2D eigenvalue weighted by molar-refractivity contribution is 6.30. The molecule has 4 nitrogen and oxygen atoms in total. The number of halogens is 4. The number of fused-ring (bicyclic) bond motifs is 1. The van der Waals surface area contributed by atoms with Crippen molar-refractivity contribution in [2.24, 2.45) is 0 Å². The van der Waals surface area contributed by atoms with E-state index in [4.69, 9.17) is 21.2 Å². The second kappa shape index (κ2) is 5.20. The summed E-state index contributed by atoms with van der Waals surface area (Å²) < 4.78 is 38.5. The van der Waals surface area contributed by atoms with Crippen molar-refractivity contribution >= 4 is 23.4 Å². The average molecular weight is 279 g/mol. The molecule has 8 heteroatoms. The lowest BCUT2D eigenvalue weighted by Crippen LogP contribution is -2.05. The minimum atomic E-state index is -4.35. The molecule has 0 N–H and O–H groups in total. The Labute approximate surface area is 104 Å². The first kappa shape index (κ1) is 14.2. The quantitative estimate of drug-likeness (QED) is 0.744. The molecule has 18 heavy (non-hydrogen) atoms. The number of alkyl halides is 3. The summed E-state index contributed by atoms with van der Waals surface area (Å²) in [5, 5.41) is 0.332. The molecule has 0 saturated heterocycles. The third-order valence-electron chi connectivity index (χ3n) is 2.05. The number of hydrogen-bond acceptors (Lipinski definition) is 3. The van der Waals surface area contributed by atoms with Crippen LogP contribution in [0.1, 0.15) is 11.3 Å². The van der Waals surface area contributed by atoms with Crippen LogP contribution in [0.4, 0.5) is 13.2 Å². The molecule has 2 heterocycles. The Morgan fingerprint density at radius 1 is 1.39 bits per heavy atom. The van der Waals surface area contributed by atoms with Crippen molar-refractivity contribution in [2.75, 3.05) is 0 Å². The van der Waals surface area contributed by atoms with Crippen LogP contribution in [0.3, 0.4) is 0 Å². The van der Waals surface area contributed by atoms with Crippen LogP contribution in [0, 0.1) is 6.92 Å². The standard InChI is InChI=1S/C9H6ClF3N2.CO2/c1-5-8(10)15-3-2-6(9(11,12)13)4-7(15)14-5;2-1-3/h2-4H,1H3;. The molecular formula is C10H6ClF3N2O2. The Hall–Kier alpha value is -1.85. The minimum absolute atomic E-state index is 0.201. The fraction of sp³-hybridized carbons (Fsp3) is 0.200. The molecule has 0 unspecified atom stereocenters. The topological polar surface area (TPSA) is 51.4 Å². The number of aromatic nitrogens is 2. The van der Waals surface area contributed by atoms with Crippen molar-refractivity contribution in [2.45, 2.75) is 13.1 Å². The number of rotatable bonds is 0. The van der Waals surface area contributed by atoms with E-state index in [2.05, 4.69) is 4.98 Å². The minimum Gasteiger partial charge on any atom is -0.290 e. The van der Waals surface area contributed by atoms with E-state index < -0.39 is 11.7 Å². The van der Waals surface area contributed by atoms with Crippen molar-refractivity contribution in [3.63, 3.8) is 0 Å². The van der Waals surface area contributed by atoms with Gasteiger partial charge >= 0.3 is 12.3 Å². The third-order valence-corrected chi connectivity index (χ3v) is 2.51. The van der Waals surface area contributed by atoms with Gasteiger partial charge in [-0.15, -0.1) is 0 Å². The number of carbonyl (C=O) groups excluding carboxylic acids is 2. The van der Waals surface area contributed by atoms with Crippen LogP contribution < -0.4 is 0 Å². The predicted molar refractivity (Wildman–Crippen MR) is 54.9 cm³/mol. The molecule has 0 bridgehead atoms. The Morgan fingerprint density at radius 2 is 1.94 bits per heavy atom. The smallest absolute Gasteiger partial charge is 0.290 e. The largest absolute Gasteiger partial charge is 0.416 e. The number of hydrogen-bond donors (Lipinski definition) is 0. The molecule has 0 aliphatic carbocycles. The van der Waals surface area contributed by atoms with Gasteiger partial charge in [-0.2, -0.15) is 22.8 Å². The Bertz CT molecular complexity index is 601. The molecular weight excluding hydrogens is 273 g/mol. The van der Waals surface area contributed by atoms with Gasteiger partial charge in [0, 0.05) is 6.20 Å². The molecule has 2 aromatic heterocycles. The zero-order valence-corrected chi connectivity index (χ0v) is 9.71. The molecule has 0 aliphatic heterocycles. The highest BCUT2D eigenvalue weighted by Gasteiger charge is 2.30. The maximum Gasteiger partial charge on any atom is 0.416 e. The molecule has 2 rings (SSSR count). The van der Waals surface area contributed by atoms with Gasteiger partial charge < -0.3 is 0 Å². The summed E-state index contributed by atoms with van der Waals surface area (Å²) in [6.07, 6.45) is -2.84. The van der Waals surface area contributed by atoms with Crippen LogP contribution in [-0.4, -0.2) is 15.5 Å². The van der Waals surface area contributed by atoms with Crippen LogP contribution in [-0.2, 0) is 15.8 Å². The molecule has 0 spiro atoms. The predicted octanol–water partition coefficient (Wildman–Crippen LogP) is 2.73. The van der Waals surface area contributed by atoms with E-state index in [1.807, 2.05) is 0 Å². The van der Waals surface area contributed by atoms with E-state index >= 15 is 0 Å². The molecule has 0 saturated carbocycles. The van der Waals surface area contributed by atoms with Crippen molar-refractivity contribution < 1.29 is 22.8 Å². The van der Waals surface area contributed by atoms with Gasteiger partial charge in [0.15, 0.2) is 0 Å². The lowest BCUT2D eigenvalue weighted by molar-refractivity contribution is -0.191. The fourth-order valence-electron chi connectivity index (χ4n) is 1.31. The SMILES string of the molecule is Cc1nc2cc(C(F)(F)F)ccn2c1Cl.O=C=O. The van der Waals surface area contributed by atoms with Gasteiger partial charge in [0.05, 0.1) is 11.3 Å². The van der Waals surface area contributed by atoms with Crippen LogP contribution >= 0.6 is 11.6 Å². The lowest BCUT2D eigenvalue weighted by Gasteiger charge is -2.06. The zero-order chi connectivity index (χ0) is 13.9. The highest BCUT2D eigenvalue weighted by atomic mass is 35.5. The summed E-state index contributed by atoms with van der Waals surface area (Å²) >= 11 is 5.83. The van der Waals surface area contributed by atoms with Gasteiger partial charge in [0.2, 0.25) is 0 Å². The van der Waals surface area contributed by atoms with Crippen LogP contribution in [0.25, 0.3) is 5.65 Å². The first-order valence-electron chi connectivity index (χ1n) is 4.52. The summed E-state index contributed by atoms with van der Waals surface area (Å²) in [5.74, 6) is 0. The van der Waals surface area contributed by atoms with Crippen LogP contribution in [0.2, 0.25) is 5.15 Å². The Kier molecular flexibility index (Phi) is 4.11. The normalized spacial score (nSPS) is 10.7. The van der Waals surface area contributed by atoms with E-state index in [0.717, 1.165) is 12.1 Å². The maximum atomic E-state index is 12.4. The molecule has 0 fully saturated rings. The second-order valence-corrected chi connectivity index (χ2v) is 3.57. The first-order valence-corrected chi connectivity index (χ1v) is 4.89.